The fourth-order valence-electron chi connectivity index (χ4n) is 1.09. The molecule has 0 amide bonds. The van der Waals surface area contributed by atoms with Gasteiger partial charge in [0.2, 0.25) is 0 Å². The predicted molar refractivity (Wildman–Crippen MR) is 66.9 cm³/mol. The minimum absolute atomic E-state index is 0.0384. The maximum Gasteiger partial charge on any atom is 0.0778 e. The van der Waals surface area contributed by atoms with Crippen LogP contribution in [0.1, 0.15) is 6.85 Å². The molecule has 76 valence electrons. The van der Waals surface area contributed by atoms with Gasteiger partial charge < -0.3 is 0 Å². The van der Waals surface area contributed by atoms with E-state index in [1.54, 1.807) is 0 Å². The molecule has 15 heavy (non-hydrogen) atoms. The maximum atomic E-state index is 7.88. The molecule has 0 saturated heterocycles. The van der Waals surface area contributed by atoms with Crippen molar-refractivity contribution >= 4 is 34.8 Å². The Morgan fingerprint density at radius 1 is 0.800 bits per heavy atom. The Kier molecular flexibility index (Phi) is 1.82. The first-order valence-corrected chi connectivity index (χ1v) is 5.11. The van der Waals surface area contributed by atoms with Gasteiger partial charge in [0.1, 0.15) is 0 Å². The first kappa shape index (κ1) is 6.15. The van der Waals surface area contributed by atoms with Gasteiger partial charge in [0.05, 0.1) is 21.9 Å². The smallest absolute Gasteiger partial charge is 0.0778 e. The van der Waals surface area contributed by atoms with E-state index in [0.717, 1.165) is 0 Å². The van der Waals surface area contributed by atoms with Crippen LogP contribution in [0.25, 0.3) is 11.1 Å². The van der Waals surface area contributed by atoms with Crippen LogP contribution < -0.4 is 0 Å². The standard InChI is InChI=1S/C12H7Cl3/c13-10-6-9(7-11(14)12(10)15)8-4-2-1-3-5-8/h1-7H/i1D,2D,3D,4D,5D. The van der Waals surface area contributed by atoms with Crippen molar-refractivity contribution in [3.63, 3.8) is 0 Å². The number of rotatable bonds is 1. The van der Waals surface area contributed by atoms with Crippen LogP contribution in [0.2, 0.25) is 15.1 Å². The molecule has 0 atom stereocenters. The predicted octanol–water partition coefficient (Wildman–Crippen LogP) is 5.31. The summed E-state index contributed by atoms with van der Waals surface area (Å²) in [5.74, 6) is 0. The van der Waals surface area contributed by atoms with E-state index in [1.807, 2.05) is 0 Å². The number of hydrogen-bond acceptors (Lipinski definition) is 0. The molecule has 0 unspecified atom stereocenters. The fraction of sp³-hybridized carbons (Fsp3) is 0. The molecule has 0 fully saturated rings. The second-order valence-corrected chi connectivity index (χ2v) is 3.95. The highest BCUT2D eigenvalue weighted by atomic mass is 35.5. The van der Waals surface area contributed by atoms with Crippen LogP contribution in [0.15, 0.2) is 42.3 Å². The van der Waals surface area contributed by atoms with Gasteiger partial charge in [0.15, 0.2) is 0 Å². The van der Waals surface area contributed by atoms with Crippen LogP contribution in [-0.4, -0.2) is 0 Å². The third kappa shape index (κ3) is 2.28. The van der Waals surface area contributed by atoms with Crippen LogP contribution >= 0.6 is 34.8 Å². The summed E-state index contributed by atoms with van der Waals surface area (Å²) >= 11 is 17.7. The topological polar surface area (TPSA) is 0 Å². The lowest BCUT2D eigenvalue weighted by atomic mass is 10.1. The highest BCUT2D eigenvalue weighted by molar-refractivity contribution is 6.48. The molecule has 0 aromatic heterocycles. The van der Waals surface area contributed by atoms with Crippen LogP contribution in [0.5, 0.6) is 0 Å². The highest BCUT2D eigenvalue weighted by Crippen LogP contribution is 2.34. The summed E-state index contributed by atoms with van der Waals surface area (Å²) < 4.78 is 38.6. The third-order valence-corrected chi connectivity index (χ3v) is 2.97. The van der Waals surface area contributed by atoms with Crippen molar-refractivity contribution < 1.29 is 6.85 Å². The largest absolute Gasteiger partial charge is 0.0826 e. The van der Waals surface area contributed by atoms with E-state index in [9.17, 15) is 0 Å². The Labute approximate surface area is 110 Å². The van der Waals surface area contributed by atoms with E-state index in [1.165, 1.54) is 12.1 Å². The lowest BCUT2D eigenvalue weighted by Gasteiger charge is -2.05. The van der Waals surface area contributed by atoms with Gasteiger partial charge in [-0.1, -0.05) is 65.0 Å². The van der Waals surface area contributed by atoms with Gasteiger partial charge in [0, 0.05) is 0 Å². The molecule has 0 heterocycles. The molecule has 0 aliphatic heterocycles. The minimum Gasteiger partial charge on any atom is -0.0826 e. The molecule has 2 rings (SSSR count). The summed E-state index contributed by atoms with van der Waals surface area (Å²) in [6, 6.07) is 0.935. The zero-order chi connectivity index (χ0) is 15.2. The van der Waals surface area contributed by atoms with Crippen molar-refractivity contribution in [3.8, 4) is 11.1 Å². The highest BCUT2D eigenvalue weighted by Gasteiger charge is 2.06. The Bertz CT molecular complexity index is 663. The van der Waals surface area contributed by atoms with Crippen molar-refractivity contribution in [3.05, 3.63) is 57.4 Å². The van der Waals surface area contributed by atoms with Crippen molar-refractivity contribution in [2.24, 2.45) is 0 Å². The minimum atomic E-state index is -0.449. The van der Waals surface area contributed by atoms with E-state index >= 15 is 0 Å². The number of hydrogen-bond donors (Lipinski definition) is 0. The summed E-state index contributed by atoms with van der Waals surface area (Å²) in [6.07, 6.45) is 0. The summed E-state index contributed by atoms with van der Waals surface area (Å²) in [7, 11) is 0. The Morgan fingerprint density at radius 3 is 1.87 bits per heavy atom. The van der Waals surface area contributed by atoms with E-state index in [4.69, 9.17) is 41.7 Å². The van der Waals surface area contributed by atoms with Gasteiger partial charge in [-0.3, -0.25) is 0 Å². The molecular weight excluding hydrogens is 250 g/mol. The molecule has 0 aliphatic rings. The number of halogens is 3. The average molecular weight is 263 g/mol. The van der Waals surface area contributed by atoms with E-state index in [2.05, 4.69) is 0 Å². The second-order valence-electron chi connectivity index (χ2n) is 2.75. The first-order valence-electron chi connectivity index (χ1n) is 6.47. The molecule has 0 N–H and O–H groups in total. The zero-order valence-electron chi connectivity index (χ0n) is 12.3. The Balaban J connectivity index is 2.83. The molecular formula is C12H7Cl3. The van der Waals surface area contributed by atoms with Crippen molar-refractivity contribution in [2.75, 3.05) is 0 Å². The van der Waals surface area contributed by atoms with E-state index in [-0.39, 0.29) is 32.7 Å². The number of benzene rings is 2. The van der Waals surface area contributed by atoms with Gasteiger partial charge in [0.25, 0.3) is 0 Å². The fourth-order valence-corrected chi connectivity index (χ4v) is 1.69. The molecule has 0 radical (unpaired) electrons. The monoisotopic (exact) mass is 261 g/mol. The van der Waals surface area contributed by atoms with Crippen molar-refractivity contribution in [1.82, 2.24) is 0 Å². The van der Waals surface area contributed by atoms with Crippen LogP contribution in [0.3, 0.4) is 0 Å². The second kappa shape index (κ2) is 4.44. The SMILES string of the molecule is [2H]c1c([2H])c([2H])c(-c2cc(Cl)c(Cl)c(Cl)c2)c([2H])c1[2H]. The van der Waals surface area contributed by atoms with Gasteiger partial charge in [-0.15, -0.1) is 0 Å². The van der Waals surface area contributed by atoms with Gasteiger partial charge in [-0.25, -0.2) is 0 Å². The molecule has 0 saturated carbocycles. The molecule has 2 aromatic rings. The summed E-state index contributed by atoms with van der Waals surface area (Å²) in [5, 5.41) is 0.464. The molecule has 0 aliphatic carbocycles. The average Bonchev–Trinajstić information content (AvgIpc) is 2.40. The van der Waals surface area contributed by atoms with Crippen molar-refractivity contribution in [1.29, 1.82) is 0 Å². The molecule has 2 aromatic carbocycles. The molecule has 0 spiro atoms. The summed E-state index contributed by atoms with van der Waals surface area (Å²) in [4.78, 5) is 0. The van der Waals surface area contributed by atoms with Gasteiger partial charge >= 0.3 is 0 Å². The first-order chi connectivity index (χ1) is 9.25. The maximum absolute atomic E-state index is 7.88. The van der Waals surface area contributed by atoms with Gasteiger partial charge in [-0.2, -0.15) is 0 Å². The lowest BCUT2D eigenvalue weighted by Crippen LogP contribution is -1.79. The van der Waals surface area contributed by atoms with E-state index in [0.29, 0.717) is 5.56 Å². The van der Waals surface area contributed by atoms with Gasteiger partial charge in [-0.05, 0) is 23.3 Å². The van der Waals surface area contributed by atoms with Crippen LogP contribution in [0, 0.1) is 0 Å². The van der Waals surface area contributed by atoms with E-state index < -0.39 is 18.1 Å². The molecule has 0 nitrogen and oxygen atoms in total. The van der Waals surface area contributed by atoms with Crippen LogP contribution in [-0.2, 0) is 0 Å². The Hall–Kier alpha value is -0.690. The molecule has 0 bridgehead atoms. The third-order valence-electron chi connectivity index (χ3n) is 1.77. The Morgan fingerprint density at radius 2 is 1.33 bits per heavy atom. The zero-order valence-corrected chi connectivity index (χ0v) is 9.56. The quantitative estimate of drug-likeness (QED) is 0.611. The van der Waals surface area contributed by atoms with Crippen molar-refractivity contribution in [2.45, 2.75) is 0 Å². The van der Waals surface area contributed by atoms with Crippen LogP contribution in [0.4, 0.5) is 0 Å². The summed E-state index contributed by atoms with van der Waals surface area (Å²) in [5.41, 5.74) is 0.359. The lowest BCUT2D eigenvalue weighted by molar-refractivity contribution is 1.62. The summed E-state index contributed by atoms with van der Waals surface area (Å²) in [6.45, 7) is 0. The normalized spacial score (nSPS) is 15.0. The molecule has 3 heteroatoms.